The fourth-order valence-electron chi connectivity index (χ4n) is 5.22. The van der Waals surface area contributed by atoms with Gasteiger partial charge >= 0.3 is 0 Å². The van der Waals surface area contributed by atoms with Crippen molar-refractivity contribution in [2.45, 2.75) is 109 Å². The van der Waals surface area contributed by atoms with Crippen LogP contribution in [0, 0.1) is 39.9 Å². The Morgan fingerprint density at radius 3 is 1.45 bits per heavy atom. The van der Waals surface area contributed by atoms with E-state index in [2.05, 4.69) is 94.0 Å². The zero-order valence-electron chi connectivity index (χ0n) is 33.3. The number of benzene rings is 4. The number of primary amides is 1. The van der Waals surface area contributed by atoms with Gasteiger partial charge in [-0.15, -0.1) is 0 Å². The highest BCUT2D eigenvalue weighted by molar-refractivity contribution is 5.92. The van der Waals surface area contributed by atoms with Gasteiger partial charge in [-0.3, -0.25) is 4.79 Å². The summed E-state index contributed by atoms with van der Waals surface area (Å²) < 4.78 is 25.9. The van der Waals surface area contributed by atoms with Gasteiger partial charge in [0.25, 0.3) is 0 Å². The van der Waals surface area contributed by atoms with E-state index in [1.54, 1.807) is 30.3 Å². The predicted molar refractivity (Wildman–Crippen MR) is 213 cm³/mol. The van der Waals surface area contributed by atoms with Gasteiger partial charge in [-0.2, -0.15) is 0 Å². The maximum atomic E-state index is 13.1. The molecule has 51 heavy (non-hydrogen) atoms. The summed E-state index contributed by atoms with van der Waals surface area (Å²) in [4.78, 5) is 14.2. The molecule has 0 aliphatic carbocycles. The van der Waals surface area contributed by atoms with E-state index in [0.717, 1.165) is 42.5 Å². The molecule has 3 nitrogen and oxygen atoms in total. The third-order valence-corrected chi connectivity index (χ3v) is 7.05. The molecule has 5 heteroatoms. The lowest BCUT2D eigenvalue weighted by Crippen LogP contribution is -2.12. The molecule has 4 rings (SSSR count). The first-order valence-corrected chi connectivity index (χ1v) is 17.7. The lowest BCUT2D eigenvalue weighted by molar-refractivity contribution is 0.1000. The maximum Gasteiger partial charge on any atom is 0.248 e. The number of amides is 1. The maximum absolute atomic E-state index is 13.1. The van der Waals surface area contributed by atoms with Crippen LogP contribution in [0.25, 0.3) is 4.85 Å². The number of rotatable bonds is 5. The molecular formula is C46H62F2N2O. The van der Waals surface area contributed by atoms with Crippen LogP contribution in [0.15, 0.2) is 97.1 Å². The second kappa shape index (κ2) is 19.9. The van der Waals surface area contributed by atoms with Crippen LogP contribution in [0.4, 0.5) is 14.5 Å². The third-order valence-electron chi connectivity index (χ3n) is 7.05. The van der Waals surface area contributed by atoms with Crippen LogP contribution in [0.2, 0.25) is 0 Å². The molecule has 0 heterocycles. The first kappa shape index (κ1) is 44.7. The smallest absolute Gasteiger partial charge is 0.248 e. The summed E-state index contributed by atoms with van der Waals surface area (Å²) in [6, 6.07) is 29.1. The monoisotopic (exact) mass is 696 g/mol. The molecule has 0 fully saturated rings. The number of carbonyl (C=O) groups is 1. The molecule has 0 aliphatic heterocycles. The predicted octanol–water partition coefficient (Wildman–Crippen LogP) is 13.0. The summed E-state index contributed by atoms with van der Waals surface area (Å²) in [5, 5.41) is 0. The third kappa shape index (κ3) is 22.2. The second-order valence-corrected chi connectivity index (χ2v) is 18.0. The van der Waals surface area contributed by atoms with E-state index in [4.69, 9.17) is 12.3 Å². The van der Waals surface area contributed by atoms with Crippen LogP contribution in [0.3, 0.4) is 0 Å². The van der Waals surface area contributed by atoms with Crippen molar-refractivity contribution in [3.8, 4) is 0 Å². The number of carbonyl (C=O) groups excluding carboxylic acids is 1. The Balaban J connectivity index is 0.000000341. The van der Waals surface area contributed by atoms with E-state index in [1.807, 2.05) is 48.5 Å². The Morgan fingerprint density at radius 2 is 1.02 bits per heavy atom. The summed E-state index contributed by atoms with van der Waals surface area (Å²) in [6.07, 6.45) is 3.74. The van der Waals surface area contributed by atoms with Crippen LogP contribution < -0.4 is 5.73 Å². The summed E-state index contributed by atoms with van der Waals surface area (Å²) in [5.41, 5.74) is 11.8. The SMILES string of the molecule is CC(C)(C)Cc1ccc(C(N)=O)cc1.CC(C)(C)Cc1cccc(F)c1.CC(C)(C)Cc1ccccc1F.[C-]#[N+]c1cccc(CC(C)(C)C)c1. The number of hydrogen-bond acceptors (Lipinski definition) is 1. The minimum Gasteiger partial charge on any atom is -0.366 e. The highest BCUT2D eigenvalue weighted by Crippen LogP contribution is 2.24. The molecule has 0 atom stereocenters. The van der Waals surface area contributed by atoms with Gasteiger partial charge in [0.05, 0.1) is 6.57 Å². The van der Waals surface area contributed by atoms with Crippen molar-refractivity contribution in [3.05, 3.63) is 148 Å². The van der Waals surface area contributed by atoms with E-state index >= 15 is 0 Å². The van der Waals surface area contributed by atoms with Crippen molar-refractivity contribution in [1.29, 1.82) is 0 Å². The largest absolute Gasteiger partial charge is 0.366 e. The average Bonchev–Trinajstić information content (AvgIpc) is 2.97. The van der Waals surface area contributed by atoms with Crippen molar-refractivity contribution in [3.63, 3.8) is 0 Å². The van der Waals surface area contributed by atoms with Crippen molar-refractivity contribution >= 4 is 11.6 Å². The van der Waals surface area contributed by atoms with Gasteiger partial charge in [-0.1, -0.05) is 155 Å². The molecule has 4 aromatic carbocycles. The molecule has 0 spiro atoms. The van der Waals surface area contributed by atoms with Gasteiger partial charge in [0.2, 0.25) is 5.91 Å². The molecule has 0 radical (unpaired) electrons. The number of hydrogen-bond donors (Lipinski definition) is 1. The summed E-state index contributed by atoms with van der Waals surface area (Å²) >= 11 is 0. The summed E-state index contributed by atoms with van der Waals surface area (Å²) in [7, 11) is 0. The van der Waals surface area contributed by atoms with Gasteiger partial charge in [-0.25, -0.2) is 13.6 Å². The highest BCUT2D eigenvalue weighted by atomic mass is 19.1. The van der Waals surface area contributed by atoms with Crippen molar-refractivity contribution in [2.75, 3.05) is 0 Å². The average molecular weight is 697 g/mol. The Labute approximate surface area is 308 Å². The van der Waals surface area contributed by atoms with Gasteiger partial charge < -0.3 is 5.73 Å². The number of halogens is 2. The number of nitrogens with two attached hydrogens (primary N) is 1. The molecule has 4 aromatic rings. The molecular weight excluding hydrogens is 635 g/mol. The Bertz CT molecular complexity index is 1670. The topological polar surface area (TPSA) is 47.5 Å². The quantitative estimate of drug-likeness (QED) is 0.207. The van der Waals surface area contributed by atoms with Gasteiger partial charge in [0.1, 0.15) is 11.6 Å². The first-order chi connectivity index (χ1) is 23.4. The molecule has 2 N–H and O–H groups in total. The molecule has 0 aromatic heterocycles. The van der Waals surface area contributed by atoms with E-state index in [9.17, 15) is 13.6 Å². The van der Waals surface area contributed by atoms with Crippen molar-refractivity contribution in [1.82, 2.24) is 0 Å². The van der Waals surface area contributed by atoms with E-state index in [0.29, 0.717) is 11.0 Å². The standard InChI is InChI=1S/C12H17NO.C12H15N.2C11H15F/c1-12(2,3)8-9-4-6-10(7-5-9)11(13)14;1-12(2,3)9-10-6-5-7-11(8-10)13-4;1-11(2,3)8-9-5-4-6-10(12)7-9;1-11(2,3)8-9-6-4-5-7-10(9)12/h4-7H,8H2,1-3H3,(H2,13,14);5-8H,9H2,1-3H3;2*4-7H,8H2,1-3H3. The minimum atomic E-state index is -0.368. The first-order valence-electron chi connectivity index (χ1n) is 17.7. The fourth-order valence-corrected chi connectivity index (χ4v) is 5.22. The Morgan fingerprint density at radius 1 is 0.569 bits per heavy atom. The van der Waals surface area contributed by atoms with E-state index < -0.39 is 0 Å². The number of nitrogens with zero attached hydrogens (tertiary/aromatic N) is 1. The van der Waals surface area contributed by atoms with Crippen LogP contribution in [-0.4, -0.2) is 5.91 Å². The Hall–Kier alpha value is -4.30. The zero-order chi connectivity index (χ0) is 39.0. The van der Waals surface area contributed by atoms with Gasteiger partial charge in [0, 0.05) is 5.56 Å². The lowest BCUT2D eigenvalue weighted by atomic mass is 9.88. The molecule has 0 aliphatic rings. The molecule has 0 unspecified atom stereocenters. The van der Waals surface area contributed by atoms with E-state index in [1.165, 1.54) is 23.3 Å². The van der Waals surface area contributed by atoms with Crippen LogP contribution in [0.5, 0.6) is 0 Å². The second-order valence-electron chi connectivity index (χ2n) is 18.0. The van der Waals surface area contributed by atoms with Crippen LogP contribution >= 0.6 is 0 Å². The molecule has 0 saturated heterocycles. The van der Waals surface area contributed by atoms with Crippen LogP contribution in [0.1, 0.15) is 116 Å². The summed E-state index contributed by atoms with van der Waals surface area (Å²) in [5.74, 6) is -0.600. The lowest BCUT2D eigenvalue weighted by Gasteiger charge is -2.18. The van der Waals surface area contributed by atoms with Crippen molar-refractivity contribution < 1.29 is 13.6 Å². The molecule has 1 amide bonds. The molecule has 0 saturated carbocycles. The summed E-state index contributed by atoms with van der Waals surface area (Å²) in [6.45, 7) is 32.9. The zero-order valence-corrected chi connectivity index (χ0v) is 33.3. The highest BCUT2D eigenvalue weighted by Gasteiger charge is 2.14. The van der Waals surface area contributed by atoms with Gasteiger partial charge in [-0.05, 0) is 94.4 Å². The normalized spacial score (nSPS) is 11.4. The fraction of sp³-hybridized carbons (Fsp3) is 0.435. The molecule has 276 valence electrons. The van der Waals surface area contributed by atoms with Crippen LogP contribution in [-0.2, 0) is 25.7 Å². The van der Waals surface area contributed by atoms with E-state index in [-0.39, 0.29) is 33.8 Å². The molecule has 0 bridgehead atoms. The van der Waals surface area contributed by atoms with Crippen molar-refractivity contribution in [2.24, 2.45) is 27.4 Å². The Kier molecular flexibility index (Phi) is 17.5. The minimum absolute atomic E-state index is 0.0903. The van der Waals surface area contributed by atoms with Gasteiger partial charge in [0.15, 0.2) is 5.69 Å².